The van der Waals surface area contributed by atoms with Gasteiger partial charge in [0, 0.05) is 17.1 Å². The monoisotopic (exact) mass is 368 g/mol. The molecular formula is C15H11BrF2N2O2. The van der Waals surface area contributed by atoms with E-state index in [1.54, 1.807) is 0 Å². The largest absolute Gasteiger partial charge is 0.326 e. The number of halogens is 3. The van der Waals surface area contributed by atoms with E-state index >= 15 is 0 Å². The van der Waals surface area contributed by atoms with Crippen LogP contribution in [0.2, 0.25) is 0 Å². The molecule has 2 amide bonds. The first-order valence-corrected chi connectivity index (χ1v) is 6.99. The maximum absolute atomic E-state index is 13.7. The lowest BCUT2D eigenvalue weighted by molar-refractivity contribution is -0.114. The summed E-state index contributed by atoms with van der Waals surface area (Å²) in [4.78, 5) is 23.0. The van der Waals surface area contributed by atoms with Gasteiger partial charge in [-0.15, -0.1) is 0 Å². The van der Waals surface area contributed by atoms with Crippen LogP contribution in [-0.4, -0.2) is 11.8 Å². The minimum absolute atomic E-state index is 0.154. The molecule has 0 unspecified atom stereocenters. The van der Waals surface area contributed by atoms with E-state index in [2.05, 4.69) is 26.6 Å². The number of nitrogens with one attached hydrogen (secondary N) is 2. The summed E-state index contributed by atoms with van der Waals surface area (Å²) in [5.74, 6) is -2.54. The standard InChI is InChI=1S/C15H11BrF2N2O2/c1-8(21)19-10-3-5-12(17)14(7-10)20-15(22)11-4-2-9(16)6-13(11)18/h2-7H,1H3,(H,19,21)(H,20,22). The predicted octanol–water partition coefficient (Wildman–Crippen LogP) is 3.94. The molecule has 4 nitrogen and oxygen atoms in total. The Balaban J connectivity index is 2.25. The van der Waals surface area contributed by atoms with Crippen molar-refractivity contribution in [3.8, 4) is 0 Å². The maximum atomic E-state index is 13.7. The van der Waals surface area contributed by atoms with E-state index in [-0.39, 0.29) is 17.2 Å². The molecule has 2 aromatic rings. The predicted molar refractivity (Wildman–Crippen MR) is 82.8 cm³/mol. The van der Waals surface area contributed by atoms with Gasteiger partial charge in [0.05, 0.1) is 11.3 Å². The molecule has 0 aliphatic heterocycles. The second-order valence-electron chi connectivity index (χ2n) is 4.45. The molecule has 0 aliphatic rings. The summed E-state index contributed by atoms with van der Waals surface area (Å²) in [6.45, 7) is 1.30. The van der Waals surface area contributed by atoms with Crippen molar-refractivity contribution in [3.05, 3.63) is 58.1 Å². The summed E-state index contributed by atoms with van der Waals surface area (Å²) >= 11 is 3.08. The summed E-state index contributed by atoms with van der Waals surface area (Å²) in [6.07, 6.45) is 0. The van der Waals surface area contributed by atoms with E-state index < -0.39 is 17.5 Å². The highest BCUT2D eigenvalue weighted by Crippen LogP contribution is 2.22. The highest BCUT2D eigenvalue weighted by Gasteiger charge is 2.14. The summed E-state index contributed by atoms with van der Waals surface area (Å²) < 4.78 is 27.9. The maximum Gasteiger partial charge on any atom is 0.258 e. The van der Waals surface area contributed by atoms with E-state index in [1.165, 1.54) is 31.2 Å². The van der Waals surface area contributed by atoms with E-state index in [4.69, 9.17) is 0 Å². The summed E-state index contributed by atoms with van der Waals surface area (Å²) in [7, 11) is 0. The van der Waals surface area contributed by atoms with Crippen molar-refractivity contribution in [2.45, 2.75) is 6.92 Å². The van der Waals surface area contributed by atoms with Crippen molar-refractivity contribution in [1.29, 1.82) is 0 Å². The molecule has 0 bridgehead atoms. The molecule has 0 heterocycles. The lowest BCUT2D eigenvalue weighted by Gasteiger charge is -2.10. The number of carbonyl (C=O) groups is 2. The van der Waals surface area contributed by atoms with Crippen LogP contribution in [0.3, 0.4) is 0 Å². The number of hydrogen-bond donors (Lipinski definition) is 2. The number of amides is 2. The van der Waals surface area contributed by atoms with E-state index in [9.17, 15) is 18.4 Å². The van der Waals surface area contributed by atoms with Crippen LogP contribution >= 0.6 is 15.9 Å². The highest BCUT2D eigenvalue weighted by atomic mass is 79.9. The first-order valence-electron chi connectivity index (χ1n) is 6.20. The average Bonchev–Trinajstić information content (AvgIpc) is 2.41. The Morgan fingerprint density at radius 2 is 1.73 bits per heavy atom. The molecule has 0 aromatic heterocycles. The number of benzene rings is 2. The third kappa shape index (κ3) is 3.88. The number of carbonyl (C=O) groups excluding carboxylic acids is 2. The van der Waals surface area contributed by atoms with Gasteiger partial charge < -0.3 is 10.6 Å². The lowest BCUT2D eigenvalue weighted by Crippen LogP contribution is -2.15. The van der Waals surface area contributed by atoms with Crippen LogP contribution in [0.15, 0.2) is 40.9 Å². The van der Waals surface area contributed by atoms with Crippen LogP contribution in [-0.2, 0) is 4.79 Å². The fraction of sp³-hybridized carbons (Fsp3) is 0.0667. The first-order chi connectivity index (χ1) is 10.4. The lowest BCUT2D eigenvalue weighted by atomic mass is 10.2. The molecule has 0 aliphatic carbocycles. The minimum atomic E-state index is -0.788. The molecule has 2 rings (SSSR count). The zero-order valence-corrected chi connectivity index (χ0v) is 13.0. The number of anilines is 2. The van der Waals surface area contributed by atoms with E-state index in [0.717, 1.165) is 12.1 Å². The van der Waals surface area contributed by atoms with Crippen molar-refractivity contribution in [1.82, 2.24) is 0 Å². The Bertz CT molecular complexity index is 750. The first kappa shape index (κ1) is 16.1. The molecule has 0 atom stereocenters. The second kappa shape index (κ2) is 6.65. The van der Waals surface area contributed by atoms with Gasteiger partial charge in [-0.3, -0.25) is 9.59 Å². The summed E-state index contributed by atoms with van der Waals surface area (Å²) in [6, 6.07) is 7.63. The van der Waals surface area contributed by atoms with Crippen molar-refractivity contribution in [2.75, 3.05) is 10.6 Å². The van der Waals surface area contributed by atoms with Crippen LogP contribution < -0.4 is 10.6 Å². The normalized spacial score (nSPS) is 10.2. The summed E-state index contributed by atoms with van der Waals surface area (Å²) in [5.41, 5.74) is -0.0495. The van der Waals surface area contributed by atoms with Gasteiger partial charge in [0.1, 0.15) is 11.6 Å². The molecule has 0 saturated heterocycles. The fourth-order valence-corrected chi connectivity index (χ4v) is 2.10. The van der Waals surface area contributed by atoms with Crippen molar-refractivity contribution < 1.29 is 18.4 Å². The topological polar surface area (TPSA) is 58.2 Å². The van der Waals surface area contributed by atoms with Gasteiger partial charge in [-0.1, -0.05) is 15.9 Å². The Kier molecular flexibility index (Phi) is 4.87. The molecule has 0 spiro atoms. The van der Waals surface area contributed by atoms with Gasteiger partial charge >= 0.3 is 0 Å². The van der Waals surface area contributed by atoms with E-state index in [0.29, 0.717) is 10.2 Å². The van der Waals surface area contributed by atoms with Gasteiger partial charge in [0.15, 0.2) is 0 Å². The van der Waals surface area contributed by atoms with Crippen molar-refractivity contribution in [3.63, 3.8) is 0 Å². The SMILES string of the molecule is CC(=O)Nc1ccc(F)c(NC(=O)c2ccc(Br)cc2F)c1. The highest BCUT2D eigenvalue weighted by molar-refractivity contribution is 9.10. The minimum Gasteiger partial charge on any atom is -0.326 e. The van der Waals surface area contributed by atoms with Gasteiger partial charge in [0.25, 0.3) is 5.91 Å². The Labute approximate surface area is 133 Å². The zero-order chi connectivity index (χ0) is 16.3. The number of rotatable bonds is 3. The molecule has 114 valence electrons. The average molecular weight is 369 g/mol. The van der Waals surface area contributed by atoms with Gasteiger partial charge in [-0.2, -0.15) is 0 Å². The molecule has 7 heteroatoms. The second-order valence-corrected chi connectivity index (χ2v) is 5.37. The van der Waals surface area contributed by atoms with E-state index in [1.807, 2.05) is 0 Å². The fourth-order valence-electron chi connectivity index (χ4n) is 1.77. The third-order valence-electron chi connectivity index (χ3n) is 2.71. The van der Waals surface area contributed by atoms with Crippen LogP contribution in [0.1, 0.15) is 17.3 Å². The van der Waals surface area contributed by atoms with Gasteiger partial charge in [-0.25, -0.2) is 8.78 Å². The van der Waals surface area contributed by atoms with Crippen molar-refractivity contribution >= 4 is 39.1 Å². The summed E-state index contributed by atoms with van der Waals surface area (Å²) in [5, 5.41) is 4.75. The van der Waals surface area contributed by atoms with Crippen LogP contribution in [0, 0.1) is 11.6 Å². The Morgan fingerprint density at radius 1 is 1.00 bits per heavy atom. The molecule has 0 saturated carbocycles. The molecular weight excluding hydrogens is 358 g/mol. The van der Waals surface area contributed by atoms with Gasteiger partial charge in [-0.05, 0) is 36.4 Å². The molecule has 2 N–H and O–H groups in total. The van der Waals surface area contributed by atoms with Gasteiger partial charge in [0.2, 0.25) is 5.91 Å². The molecule has 22 heavy (non-hydrogen) atoms. The molecule has 0 radical (unpaired) electrons. The quantitative estimate of drug-likeness (QED) is 0.861. The smallest absolute Gasteiger partial charge is 0.258 e. The Hall–Kier alpha value is -2.28. The molecule has 0 fully saturated rings. The Morgan fingerprint density at radius 3 is 2.36 bits per heavy atom. The number of hydrogen-bond acceptors (Lipinski definition) is 2. The van der Waals surface area contributed by atoms with Crippen molar-refractivity contribution in [2.24, 2.45) is 0 Å². The van der Waals surface area contributed by atoms with Crippen LogP contribution in [0.4, 0.5) is 20.2 Å². The van der Waals surface area contributed by atoms with Crippen LogP contribution in [0.5, 0.6) is 0 Å². The zero-order valence-electron chi connectivity index (χ0n) is 11.4. The van der Waals surface area contributed by atoms with Crippen LogP contribution in [0.25, 0.3) is 0 Å². The third-order valence-corrected chi connectivity index (χ3v) is 3.20. The molecule has 2 aromatic carbocycles.